The Balaban J connectivity index is 1.44. The van der Waals surface area contributed by atoms with Crippen molar-refractivity contribution in [3.63, 3.8) is 0 Å². The van der Waals surface area contributed by atoms with Gasteiger partial charge in [-0.25, -0.2) is 24.4 Å². The highest BCUT2D eigenvalue weighted by Gasteiger charge is 2.25. The van der Waals surface area contributed by atoms with E-state index in [0.717, 1.165) is 33.4 Å². The van der Waals surface area contributed by atoms with Crippen LogP contribution in [0, 0.1) is 0 Å². The number of ether oxygens (including phenoxy) is 1. The molecule has 0 saturated heterocycles. The van der Waals surface area contributed by atoms with Gasteiger partial charge in [-0.3, -0.25) is 5.26 Å². The van der Waals surface area contributed by atoms with Crippen LogP contribution in [0.5, 0.6) is 0 Å². The Hall–Kier alpha value is -2.70. The van der Waals surface area contributed by atoms with Crippen LogP contribution in [0.25, 0.3) is 0 Å². The molecule has 0 aliphatic heterocycles. The molecular weight excluding hydrogens is 540 g/mol. The Morgan fingerprint density at radius 2 is 0.929 bits per heavy atom. The molecule has 0 radical (unpaired) electrons. The van der Waals surface area contributed by atoms with Gasteiger partial charge < -0.3 is 14.9 Å². The van der Waals surface area contributed by atoms with Crippen molar-refractivity contribution < 1.29 is 44.6 Å². The van der Waals surface area contributed by atoms with Crippen molar-refractivity contribution >= 4 is 0 Å². The molecule has 9 nitrogen and oxygen atoms in total. The van der Waals surface area contributed by atoms with E-state index in [2.05, 4.69) is 4.89 Å². The Labute approximate surface area is 248 Å². The molecule has 0 amide bonds. The minimum atomic E-state index is -0.873. The lowest BCUT2D eigenvalue weighted by molar-refractivity contribution is -0.366. The van der Waals surface area contributed by atoms with Crippen molar-refractivity contribution in [1.82, 2.24) is 0 Å². The van der Waals surface area contributed by atoms with E-state index in [9.17, 15) is 5.11 Å². The maximum Gasteiger partial charge on any atom is 0.123 e. The summed E-state index contributed by atoms with van der Waals surface area (Å²) in [6.45, 7) is 11.9. The normalized spacial score (nSPS) is 13.4. The van der Waals surface area contributed by atoms with Gasteiger partial charge >= 0.3 is 0 Å². The lowest BCUT2D eigenvalue weighted by atomic mass is 9.97. The smallest absolute Gasteiger partial charge is 0.123 e. The number of hydrogen-bond acceptors (Lipinski definition) is 9. The first-order valence-electron chi connectivity index (χ1n) is 13.9. The van der Waals surface area contributed by atoms with E-state index < -0.39 is 22.9 Å². The molecule has 0 aliphatic rings. The van der Waals surface area contributed by atoms with E-state index in [4.69, 9.17) is 34.7 Å². The zero-order valence-corrected chi connectivity index (χ0v) is 25.3. The molecule has 3 aromatic rings. The summed E-state index contributed by atoms with van der Waals surface area (Å²) in [5.74, 6) is 0. The molecule has 0 spiro atoms. The van der Waals surface area contributed by atoms with Crippen LogP contribution in [-0.4, -0.2) is 34.8 Å². The van der Waals surface area contributed by atoms with Crippen molar-refractivity contribution in [2.75, 3.05) is 13.2 Å². The van der Waals surface area contributed by atoms with Crippen molar-refractivity contribution in [1.29, 1.82) is 0 Å². The average molecular weight is 585 g/mol. The number of aliphatic hydroxyl groups excluding tert-OH is 2. The third kappa shape index (κ3) is 9.95. The van der Waals surface area contributed by atoms with Gasteiger partial charge in [-0.1, -0.05) is 72.8 Å². The zero-order chi connectivity index (χ0) is 30.8. The van der Waals surface area contributed by atoms with Gasteiger partial charge in [0.15, 0.2) is 0 Å². The Morgan fingerprint density at radius 3 is 1.29 bits per heavy atom. The predicted molar refractivity (Wildman–Crippen MR) is 157 cm³/mol. The van der Waals surface area contributed by atoms with Crippen LogP contribution in [-0.2, 0) is 65.8 Å². The van der Waals surface area contributed by atoms with Crippen molar-refractivity contribution in [3.05, 3.63) is 106 Å². The van der Waals surface area contributed by atoms with Crippen molar-refractivity contribution in [3.8, 4) is 0 Å². The third-order valence-electron chi connectivity index (χ3n) is 6.95. The highest BCUT2D eigenvalue weighted by atomic mass is 17.2. The van der Waals surface area contributed by atoms with Crippen molar-refractivity contribution in [2.45, 2.75) is 84.3 Å². The summed E-state index contributed by atoms with van der Waals surface area (Å²) in [6, 6.07) is 23.2. The van der Waals surface area contributed by atoms with Crippen LogP contribution in [0.2, 0.25) is 0 Å². The second-order valence-electron chi connectivity index (χ2n) is 11.8. The molecule has 0 saturated carbocycles. The topological polar surface area (TPSA) is 116 Å². The standard InChI is InChI=1S/C33H44O9/c1-31(2,40-36)27-13-9-25(10-14-27)21-38-42-33(5,6)29-17-11-26(12-18-29)22-39-41-32(3,4)28-15-7-24(8-16-28)20-37-23-30(35)19-34/h7-18,30,34-36H,19-23H2,1-6H3. The van der Waals surface area contributed by atoms with E-state index in [1.165, 1.54) is 0 Å². The van der Waals surface area contributed by atoms with E-state index in [-0.39, 0.29) is 26.4 Å². The summed E-state index contributed by atoms with van der Waals surface area (Å²) < 4.78 is 5.40. The highest BCUT2D eigenvalue weighted by Crippen LogP contribution is 2.28. The minimum absolute atomic E-state index is 0.0811. The van der Waals surface area contributed by atoms with Gasteiger partial charge in [0.1, 0.15) is 36.1 Å². The van der Waals surface area contributed by atoms with Crippen LogP contribution in [0.4, 0.5) is 0 Å². The highest BCUT2D eigenvalue weighted by molar-refractivity contribution is 5.28. The van der Waals surface area contributed by atoms with Crippen LogP contribution in [0.3, 0.4) is 0 Å². The SMILES string of the molecule is CC(C)(OO)c1ccc(COOC(C)(C)c2ccc(COOC(C)(C)c3ccc(COCC(O)CO)cc3)cc2)cc1. The van der Waals surface area contributed by atoms with E-state index in [0.29, 0.717) is 6.61 Å². The monoisotopic (exact) mass is 584 g/mol. The fourth-order valence-corrected chi connectivity index (χ4v) is 4.01. The molecule has 0 aliphatic carbocycles. The largest absolute Gasteiger partial charge is 0.394 e. The maximum absolute atomic E-state index is 9.37. The Morgan fingerprint density at radius 1 is 0.571 bits per heavy atom. The maximum atomic E-state index is 9.37. The van der Waals surface area contributed by atoms with Crippen molar-refractivity contribution in [2.24, 2.45) is 0 Å². The molecule has 9 heteroatoms. The number of rotatable bonds is 17. The quantitative estimate of drug-likeness (QED) is 0.129. The summed E-state index contributed by atoms with van der Waals surface area (Å²) >= 11 is 0. The molecule has 3 aromatic carbocycles. The van der Waals surface area contributed by atoms with E-state index in [1.807, 2.05) is 100 Å². The van der Waals surface area contributed by atoms with Crippen LogP contribution >= 0.6 is 0 Å². The van der Waals surface area contributed by atoms with E-state index >= 15 is 0 Å². The molecule has 42 heavy (non-hydrogen) atoms. The van der Waals surface area contributed by atoms with Gasteiger partial charge in [-0.15, -0.1) is 0 Å². The Kier molecular flexibility index (Phi) is 12.2. The molecular formula is C33H44O9. The summed E-state index contributed by atoms with van der Waals surface area (Å²) in [5, 5.41) is 27.3. The molecule has 0 fully saturated rings. The fourth-order valence-electron chi connectivity index (χ4n) is 4.01. The van der Waals surface area contributed by atoms with Gasteiger partial charge in [0, 0.05) is 0 Å². The molecule has 0 bridgehead atoms. The molecule has 3 rings (SSSR count). The average Bonchev–Trinajstić information content (AvgIpc) is 2.97. The van der Waals surface area contributed by atoms with Gasteiger partial charge in [0.2, 0.25) is 0 Å². The lowest BCUT2D eigenvalue weighted by Crippen LogP contribution is -2.22. The minimum Gasteiger partial charge on any atom is -0.394 e. The second kappa shape index (κ2) is 15.2. The molecule has 0 aromatic heterocycles. The first-order chi connectivity index (χ1) is 19.9. The number of benzene rings is 3. The summed E-state index contributed by atoms with van der Waals surface area (Å²) in [5.41, 5.74) is 3.41. The zero-order valence-electron chi connectivity index (χ0n) is 25.3. The second-order valence-corrected chi connectivity index (χ2v) is 11.8. The number of hydrogen-bond donors (Lipinski definition) is 3. The molecule has 0 heterocycles. The fraction of sp³-hybridized carbons (Fsp3) is 0.455. The third-order valence-corrected chi connectivity index (χ3v) is 6.95. The molecule has 1 unspecified atom stereocenters. The first kappa shape index (κ1) is 33.8. The van der Waals surface area contributed by atoms with Crippen LogP contribution in [0.1, 0.15) is 74.9 Å². The molecule has 1 atom stereocenters. The van der Waals surface area contributed by atoms with Gasteiger partial charge in [0.25, 0.3) is 0 Å². The van der Waals surface area contributed by atoms with Gasteiger partial charge in [-0.2, -0.15) is 0 Å². The molecule has 3 N–H and O–H groups in total. The Bertz CT molecular complexity index is 1200. The summed E-state index contributed by atoms with van der Waals surface area (Å²) in [7, 11) is 0. The van der Waals surface area contributed by atoms with Gasteiger partial charge in [0.05, 0.1) is 19.8 Å². The van der Waals surface area contributed by atoms with Crippen LogP contribution < -0.4 is 0 Å². The van der Waals surface area contributed by atoms with Crippen LogP contribution in [0.15, 0.2) is 72.8 Å². The predicted octanol–water partition coefficient (Wildman–Crippen LogP) is 6.05. The summed E-state index contributed by atoms with van der Waals surface area (Å²) in [6.07, 6.45) is -0.873. The molecule has 230 valence electrons. The number of aliphatic hydroxyl groups is 2. The summed E-state index contributed by atoms with van der Waals surface area (Å²) in [4.78, 5) is 27.2. The van der Waals surface area contributed by atoms with Gasteiger partial charge in [-0.05, 0) is 74.9 Å². The lowest BCUT2D eigenvalue weighted by Gasteiger charge is -2.25. The van der Waals surface area contributed by atoms with E-state index in [1.54, 1.807) is 13.8 Å². The first-order valence-corrected chi connectivity index (χ1v) is 13.9.